The Hall–Kier alpha value is -0.730. The first-order valence-electron chi connectivity index (χ1n) is 3.70. The maximum Gasteiger partial charge on any atom is 0.282 e. The van der Waals surface area contributed by atoms with Crippen LogP contribution in [0.3, 0.4) is 0 Å². The van der Waals surface area contributed by atoms with Gasteiger partial charge < -0.3 is 10.5 Å². The average molecular weight is 142 g/mol. The second kappa shape index (κ2) is 2.48. The highest BCUT2D eigenvalue weighted by Crippen LogP contribution is 2.24. The molecule has 58 valence electrons. The van der Waals surface area contributed by atoms with E-state index in [1.54, 1.807) is 0 Å². The quantitative estimate of drug-likeness (QED) is 0.622. The van der Waals surface area contributed by atoms with E-state index in [1.165, 1.54) is 0 Å². The summed E-state index contributed by atoms with van der Waals surface area (Å²) in [6.45, 7) is 4.87. The van der Waals surface area contributed by atoms with Gasteiger partial charge >= 0.3 is 0 Å². The number of aliphatic imine (C=N–C) groups is 1. The molecular formula is C7H14N2O. The maximum atomic E-state index is 5.39. The molecule has 10 heavy (non-hydrogen) atoms. The molecule has 0 aromatic heterocycles. The SMILES string of the molecule is CCC1(CC)COC(N)=N1. The molecule has 0 spiro atoms. The van der Waals surface area contributed by atoms with Crippen LogP contribution in [-0.2, 0) is 4.74 Å². The van der Waals surface area contributed by atoms with E-state index in [-0.39, 0.29) is 5.54 Å². The van der Waals surface area contributed by atoms with Crippen LogP contribution in [-0.4, -0.2) is 18.2 Å². The summed E-state index contributed by atoms with van der Waals surface area (Å²) in [5, 5.41) is 0. The number of hydrogen-bond donors (Lipinski definition) is 1. The predicted molar refractivity (Wildman–Crippen MR) is 40.9 cm³/mol. The van der Waals surface area contributed by atoms with Crippen LogP contribution >= 0.6 is 0 Å². The summed E-state index contributed by atoms with van der Waals surface area (Å²) >= 11 is 0. The molecule has 0 atom stereocenters. The van der Waals surface area contributed by atoms with Crippen molar-refractivity contribution in [1.29, 1.82) is 0 Å². The zero-order chi connectivity index (χ0) is 7.61. The van der Waals surface area contributed by atoms with Crippen molar-refractivity contribution in [2.45, 2.75) is 32.2 Å². The number of amidine groups is 1. The van der Waals surface area contributed by atoms with Crippen LogP contribution < -0.4 is 5.73 Å². The van der Waals surface area contributed by atoms with Gasteiger partial charge in [-0.3, -0.25) is 0 Å². The Morgan fingerprint density at radius 1 is 1.60 bits per heavy atom. The molecule has 0 aromatic carbocycles. The van der Waals surface area contributed by atoms with E-state index in [0.29, 0.717) is 12.6 Å². The first-order valence-corrected chi connectivity index (χ1v) is 3.70. The lowest BCUT2D eigenvalue weighted by Gasteiger charge is -2.18. The molecule has 0 unspecified atom stereocenters. The Balaban J connectivity index is 2.68. The molecule has 0 radical (unpaired) electrons. The minimum Gasteiger partial charge on any atom is -0.463 e. The molecule has 0 aliphatic carbocycles. The van der Waals surface area contributed by atoms with Crippen LogP contribution in [0.1, 0.15) is 26.7 Å². The standard InChI is InChI=1S/C7H14N2O/c1-3-7(4-2)5-10-6(8)9-7/h3-5H2,1-2H3,(H2,8,9). The van der Waals surface area contributed by atoms with Gasteiger partial charge in [-0.25, -0.2) is 4.99 Å². The largest absolute Gasteiger partial charge is 0.463 e. The predicted octanol–water partition coefficient (Wildman–Crippen LogP) is 0.890. The molecule has 0 aromatic rings. The molecule has 3 nitrogen and oxygen atoms in total. The van der Waals surface area contributed by atoms with E-state index in [2.05, 4.69) is 18.8 Å². The molecule has 0 saturated carbocycles. The summed E-state index contributed by atoms with van der Waals surface area (Å²) in [5.74, 6) is 0. The Morgan fingerprint density at radius 2 is 2.20 bits per heavy atom. The van der Waals surface area contributed by atoms with Gasteiger partial charge in [-0.1, -0.05) is 13.8 Å². The van der Waals surface area contributed by atoms with Gasteiger partial charge in [-0.05, 0) is 12.8 Å². The molecule has 2 N–H and O–H groups in total. The minimum atomic E-state index is -0.00984. The molecule has 1 aliphatic rings. The van der Waals surface area contributed by atoms with Crippen LogP contribution in [0.2, 0.25) is 0 Å². The number of nitrogens with two attached hydrogens (primary N) is 1. The lowest BCUT2D eigenvalue weighted by Crippen LogP contribution is -2.25. The van der Waals surface area contributed by atoms with E-state index in [0.717, 1.165) is 12.8 Å². The Bertz CT molecular complexity index is 150. The zero-order valence-electron chi connectivity index (χ0n) is 6.55. The van der Waals surface area contributed by atoms with Gasteiger partial charge in [-0.2, -0.15) is 0 Å². The Labute approximate surface area is 61.3 Å². The van der Waals surface area contributed by atoms with Crippen molar-refractivity contribution < 1.29 is 4.74 Å². The summed E-state index contributed by atoms with van der Waals surface area (Å²) in [4.78, 5) is 4.23. The van der Waals surface area contributed by atoms with Crippen molar-refractivity contribution in [2.75, 3.05) is 6.61 Å². The van der Waals surface area contributed by atoms with Crippen LogP contribution in [0.4, 0.5) is 0 Å². The van der Waals surface area contributed by atoms with Gasteiger partial charge in [-0.15, -0.1) is 0 Å². The molecule has 3 heteroatoms. The number of nitrogens with zero attached hydrogens (tertiary/aromatic N) is 1. The molecular weight excluding hydrogens is 128 g/mol. The Kier molecular flexibility index (Phi) is 1.83. The van der Waals surface area contributed by atoms with Crippen molar-refractivity contribution in [3.05, 3.63) is 0 Å². The first kappa shape index (κ1) is 7.38. The lowest BCUT2D eigenvalue weighted by atomic mass is 9.96. The van der Waals surface area contributed by atoms with Crippen LogP contribution in [0.5, 0.6) is 0 Å². The fourth-order valence-electron chi connectivity index (χ4n) is 1.12. The summed E-state index contributed by atoms with van der Waals surface area (Å²) in [6.07, 6.45) is 2.01. The molecule has 1 heterocycles. The van der Waals surface area contributed by atoms with Gasteiger partial charge in [0.25, 0.3) is 6.02 Å². The summed E-state index contributed by atoms with van der Waals surface area (Å²) in [5.41, 5.74) is 5.38. The van der Waals surface area contributed by atoms with Gasteiger partial charge in [0.1, 0.15) is 6.61 Å². The molecule has 1 rings (SSSR count). The van der Waals surface area contributed by atoms with Crippen LogP contribution in [0.25, 0.3) is 0 Å². The Morgan fingerprint density at radius 3 is 2.40 bits per heavy atom. The second-order valence-corrected chi connectivity index (χ2v) is 2.67. The van der Waals surface area contributed by atoms with E-state index < -0.39 is 0 Å². The third-order valence-electron chi connectivity index (χ3n) is 2.15. The first-order chi connectivity index (χ1) is 4.72. The van der Waals surface area contributed by atoms with E-state index >= 15 is 0 Å². The van der Waals surface area contributed by atoms with E-state index in [9.17, 15) is 0 Å². The summed E-state index contributed by atoms with van der Waals surface area (Å²) < 4.78 is 5.08. The van der Waals surface area contributed by atoms with Crippen LogP contribution in [0.15, 0.2) is 4.99 Å². The number of hydrogen-bond acceptors (Lipinski definition) is 3. The van der Waals surface area contributed by atoms with Crippen molar-refractivity contribution in [2.24, 2.45) is 10.7 Å². The molecule has 1 aliphatic heterocycles. The van der Waals surface area contributed by atoms with E-state index in [4.69, 9.17) is 10.5 Å². The second-order valence-electron chi connectivity index (χ2n) is 2.67. The average Bonchev–Trinajstić information content (AvgIpc) is 2.33. The molecule has 0 amide bonds. The maximum absolute atomic E-state index is 5.39. The molecule has 0 fully saturated rings. The van der Waals surface area contributed by atoms with Crippen molar-refractivity contribution in [1.82, 2.24) is 0 Å². The third-order valence-corrected chi connectivity index (χ3v) is 2.15. The normalized spacial score (nSPS) is 22.0. The van der Waals surface area contributed by atoms with Gasteiger partial charge in [0.15, 0.2) is 0 Å². The number of ether oxygens (including phenoxy) is 1. The fraction of sp³-hybridized carbons (Fsp3) is 0.857. The summed E-state index contributed by atoms with van der Waals surface area (Å²) in [6, 6.07) is 0.351. The van der Waals surface area contributed by atoms with E-state index in [1.807, 2.05) is 0 Å². The van der Waals surface area contributed by atoms with Crippen molar-refractivity contribution in [3.8, 4) is 0 Å². The molecule has 0 bridgehead atoms. The van der Waals surface area contributed by atoms with Gasteiger partial charge in [0, 0.05) is 0 Å². The third kappa shape index (κ3) is 1.08. The highest BCUT2D eigenvalue weighted by Gasteiger charge is 2.31. The van der Waals surface area contributed by atoms with Gasteiger partial charge in [0.2, 0.25) is 0 Å². The molecule has 0 saturated heterocycles. The monoisotopic (exact) mass is 142 g/mol. The summed E-state index contributed by atoms with van der Waals surface area (Å²) in [7, 11) is 0. The zero-order valence-corrected chi connectivity index (χ0v) is 6.55. The van der Waals surface area contributed by atoms with Crippen molar-refractivity contribution in [3.63, 3.8) is 0 Å². The smallest absolute Gasteiger partial charge is 0.282 e. The van der Waals surface area contributed by atoms with Gasteiger partial charge in [0.05, 0.1) is 5.54 Å². The fourth-order valence-corrected chi connectivity index (χ4v) is 1.12. The highest BCUT2D eigenvalue weighted by molar-refractivity contribution is 5.73. The number of rotatable bonds is 2. The topological polar surface area (TPSA) is 47.6 Å². The minimum absolute atomic E-state index is 0.00984. The van der Waals surface area contributed by atoms with Crippen molar-refractivity contribution >= 4 is 6.02 Å². The lowest BCUT2D eigenvalue weighted by molar-refractivity contribution is 0.242. The highest BCUT2D eigenvalue weighted by atomic mass is 16.5. The van der Waals surface area contributed by atoms with Crippen LogP contribution in [0, 0.1) is 0 Å².